The van der Waals surface area contributed by atoms with E-state index in [4.69, 9.17) is 9.47 Å². The molecule has 0 N–H and O–H groups in total. The van der Waals surface area contributed by atoms with Crippen LogP contribution in [0.2, 0.25) is 0 Å². The van der Waals surface area contributed by atoms with Crippen molar-refractivity contribution in [3.63, 3.8) is 0 Å². The monoisotopic (exact) mass is 276 g/mol. The molecule has 3 heteroatoms. The minimum absolute atomic E-state index is 0.123. The number of epoxide rings is 1. The van der Waals surface area contributed by atoms with Crippen LogP contribution >= 0.6 is 0 Å². The number of ether oxygens (including phenoxy) is 2. The first-order valence-corrected chi connectivity index (χ1v) is 7.36. The van der Waals surface area contributed by atoms with Gasteiger partial charge in [0.25, 0.3) is 0 Å². The van der Waals surface area contributed by atoms with Crippen molar-refractivity contribution in [2.45, 2.75) is 45.6 Å². The van der Waals surface area contributed by atoms with E-state index in [1.54, 1.807) is 0 Å². The molecule has 0 radical (unpaired) electrons. The van der Waals surface area contributed by atoms with E-state index in [1.807, 2.05) is 32.0 Å². The number of hydrogen-bond acceptors (Lipinski definition) is 3. The SMILES string of the molecule is CCC(CC(C)(C)C(=O)OCC1CO1)c1ccccc1. The quantitative estimate of drug-likeness (QED) is 0.565. The molecule has 0 spiro atoms. The first kappa shape index (κ1) is 15.0. The van der Waals surface area contributed by atoms with Crippen LogP contribution in [0.5, 0.6) is 0 Å². The van der Waals surface area contributed by atoms with Crippen molar-refractivity contribution in [2.75, 3.05) is 13.2 Å². The summed E-state index contributed by atoms with van der Waals surface area (Å²) in [5.74, 6) is 0.262. The second-order valence-corrected chi connectivity index (χ2v) is 6.16. The topological polar surface area (TPSA) is 38.8 Å². The van der Waals surface area contributed by atoms with Crippen LogP contribution in [-0.2, 0) is 14.3 Å². The normalized spacial score (nSPS) is 19.4. The van der Waals surface area contributed by atoms with Crippen molar-refractivity contribution >= 4 is 5.97 Å². The van der Waals surface area contributed by atoms with Gasteiger partial charge in [-0.25, -0.2) is 0 Å². The molecule has 110 valence electrons. The molecule has 0 aliphatic carbocycles. The van der Waals surface area contributed by atoms with E-state index in [0.29, 0.717) is 12.5 Å². The Morgan fingerprint density at radius 2 is 2.05 bits per heavy atom. The number of benzene rings is 1. The Morgan fingerprint density at radius 1 is 1.40 bits per heavy atom. The van der Waals surface area contributed by atoms with Gasteiger partial charge in [-0.2, -0.15) is 0 Å². The molecule has 1 aliphatic rings. The summed E-state index contributed by atoms with van der Waals surface area (Å²) in [6.07, 6.45) is 1.95. The largest absolute Gasteiger partial charge is 0.462 e. The third kappa shape index (κ3) is 4.07. The lowest BCUT2D eigenvalue weighted by Gasteiger charge is -2.27. The Morgan fingerprint density at radius 3 is 2.60 bits per heavy atom. The zero-order valence-electron chi connectivity index (χ0n) is 12.6. The van der Waals surface area contributed by atoms with Gasteiger partial charge >= 0.3 is 5.97 Å². The molecule has 0 aromatic heterocycles. The molecule has 1 aromatic rings. The van der Waals surface area contributed by atoms with Crippen LogP contribution in [0, 0.1) is 5.41 Å². The maximum atomic E-state index is 12.2. The van der Waals surface area contributed by atoms with E-state index >= 15 is 0 Å². The number of carbonyl (C=O) groups is 1. The van der Waals surface area contributed by atoms with Crippen molar-refractivity contribution in [1.82, 2.24) is 0 Å². The maximum Gasteiger partial charge on any atom is 0.311 e. The van der Waals surface area contributed by atoms with Crippen molar-refractivity contribution in [3.05, 3.63) is 35.9 Å². The number of esters is 1. The minimum Gasteiger partial charge on any atom is -0.462 e. The number of hydrogen-bond donors (Lipinski definition) is 0. The Bertz CT molecular complexity index is 435. The van der Waals surface area contributed by atoms with Gasteiger partial charge in [0, 0.05) is 0 Å². The summed E-state index contributed by atoms with van der Waals surface area (Å²) < 4.78 is 10.4. The lowest BCUT2D eigenvalue weighted by atomic mass is 9.79. The molecule has 20 heavy (non-hydrogen) atoms. The molecular weight excluding hydrogens is 252 g/mol. The van der Waals surface area contributed by atoms with Gasteiger partial charge in [-0.05, 0) is 38.2 Å². The molecule has 1 fully saturated rings. The van der Waals surface area contributed by atoms with Gasteiger partial charge in [0.15, 0.2) is 0 Å². The van der Waals surface area contributed by atoms with Gasteiger partial charge in [0.1, 0.15) is 12.7 Å². The Hall–Kier alpha value is -1.35. The van der Waals surface area contributed by atoms with Gasteiger partial charge in [-0.15, -0.1) is 0 Å². The van der Waals surface area contributed by atoms with Gasteiger partial charge in [-0.3, -0.25) is 4.79 Å². The van der Waals surface area contributed by atoms with Crippen molar-refractivity contribution in [3.8, 4) is 0 Å². The van der Waals surface area contributed by atoms with E-state index in [0.717, 1.165) is 19.4 Å². The number of rotatable bonds is 7. The van der Waals surface area contributed by atoms with Crippen molar-refractivity contribution in [2.24, 2.45) is 5.41 Å². The maximum absolute atomic E-state index is 12.2. The molecule has 3 nitrogen and oxygen atoms in total. The fourth-order valence-electron chi connectivity index (χ4n) is 2.45. The third-order valence-electron chi connectivity index (χ3n) is 3.88. The molecule has 2 unspecified atom stereocenters. The van der Waals surface area contributed by atoms with E-state index in [2.05, 4.69) is 19.1 Å². The molecule has 2 atom stereocenters. The van der Waals surface area contributed by atoms with Crippen LogP contribution in [0.4, 0.5) is 0 Å². The smallest absolute Gasteiger partial charge is 0.311 e. The first-order chi connectivity index (χ1) is 9.53. The van der Waals surface area contributed by atoms with Crippen LogP contribution in [0.25, 0.3) is 0 Å². The summed E-state index contributed by atoms with van der Waals surface area (Å²) in [5, 5.41) is 0. The van der Waals surface area contributed by atoms with Gasteiger partial charge < -0.3 is 9.47 Å². The van der Waals surface area contributed by atoms with Crippen LogP contribution in [0.3, 0.4) is 0 Å². The lowest BCUT2D eigenvalue weighted by Crippen LogP contribution is -2.29. The number of carbonyl (C=O) groups excluding carboxylic acids is 1. The molecule has 2 rings (SSSR count). The van der Waals surface area contributed by atoms with Crippen LogP contribution in [0.15, 0.2) is 30.3 Å². The van der Waals surface area contributed by atoms with E-state index in [1.165, 1.54) is 5.56 Å². The summed E-state index contributed by atoms with van der Waals surface area (Å²) in [4.78, 5) is 12.2. The summed E-state index contributed by atoms with van der Waals surface area (Å²) in [5.41, 5.74) is 0.826. The molecular formula is C17H24O3. The molecule has 0 saturated carbocycles. The molecule has 1 heterocycles. The average molecular weight is 276 g/mol. The average Bonchev–Trinajstić information content (AvgIpc) is 3.27. The standard InChI is InChI=1S/C17H24O3/c1-4-13(14-8-6-5-7-9-14)10-17(2,3)16(18)20-12-15-11-19-15/h5-9,13,15H,4,10-12H2,1-3H3. The van der Waals surface area contributed by atoms with Crippen molar-refractivity contribution < 1.29 is 14.3 Å². The third-order valence-corrected chi connectivity index (χ3v) is 3.88. The fourth-order valence-corrected chi connectivity index (χ4v) is 2.45. The molecule has 1 aromatic carbocycles. The van der Waals surface area contributed by atoms with E-state index in [9.17, 15) is 4.79 Å². The Balaban J connectivity index is 1.95. The van der Waals surface area contributed by atoms with Crippen LogP contribution in [0.1, 0.15) is 45.1 Å². The summed E-state index contributed by atoms with van der Waals surface area (Å²) in [7, 11) is 0. The van der Waals surface area contributed by atoms with E-state index < -0.39 is 5.41 Å². The molecule has 1 aliphatic heterocycles. The summed E-state index contributed by atoms with van der Waals surface area (Å²) in [6, 6.07) is 10.4. The first-order valence-electron chi connectivity index (χ1n) is 7.36. The highest BCUT2D eigenvalue weighted by Gasteiger charge is 2.34. The van der Waals surface area contributed by atoms with Crippen LogP contribution in [-0.4, -0.2) is 25.3 Å². The summed E-state index contributed by atoms with van der Waals surface area (Å²) >= 11 is 0. The second-order valence-electron chi connectivity index (χ2n) is 6.16. The molecule has 0 bridgehead atoms. The van der Waals surface area contributed by atoms with Crippen molar-refractivity contribution in [1.29, 1.82) is 0 Å². The van der Waals surface area contributed by atoms with Crippen LogP contribution < -0.4 is 0 Å². The highest BCUT2D eigenvalue weighted by Crippen LogP contribution is 2.34. The van der Waals surface area contributed by atoms with E-state index in [-0.39, 0.29) is 12.1 Å². The highest BCUT2D eigenvalue weighted by molar-refractivity contribution is 5.76. The second kappa shape index (κ2) is 6.40. The predicted octanol–water partition coefficient (Wildman–Crippen LogP) is 3.54. The van der Waals surface area contributed by atoms with Gasteiger partial charge in [-0.1, -0.05) is 37.3 Å². The summed E-state index contributed by atoms with van der Waals surface area (Å²) in [6.45, 7) is 7.21. The fraction of sp³-hybridized carbons (Fsp3) is 0.588. The van der Waals surface area contributed by atoms with Gasteiger partial charge in [0.05, 0.1) is 12.0 Å². The zero-order chi connectivity index (χ0) is 14.6. The Labute approximate surface area is 121 Å². The molecule has 0 amide bonds. The zero-order valence-corrected chi connectivity index (χ0v) is 12.6. The highest BCUT2D eigenvalue weighted by atomic mass is 16.6. The Kier molecular flexibility index (Phi) is 4.81. The minimum atomic E-state index is -0.467. The predicted molar refractivity (Wildman–Crippen MR) is 78.6 cm³/mol. The molecule has 1 saturated heterocycles. The van der Waals surface area contributed by atoms with Gasteiger partial charge in [0.2, 0.25) is 0 Å². The lowest BCUT2D eigenvalue weighted by molar-refractivity contribution is -0.155.